The maximum Gasteiger partial charge on any atom is 0.339 e. The summed E-state index contributed by atoms with van der Waals surface area (Å²) in [7, 11) is 0. The summed E-state index contributed by atoms with van der Waals surface area (Å²) >= 11 is 0. The van der Waals surface area contributed by atoms with Crippen molar-refractivity contribution in [3.8, 4) is 6.07 Å². The Labute approximate surface area is 158 Å². The molecule has 142 valence electrons. The summed E-state index contributed by atoms with van der Waals surface area (Å²) in [6.07, 6.45) is 1.33. The number of nitro benzene ring substituents is 1. The topological polar surface area (TPSA) is 158 Å². The number of ether oxygens (including phenoxy) is 2. The number of anilines is 1. The summed E-state index contributed by atoms with van der Waals surface area (Å²) in [5.41, 5.74) is 3.09. The van der Waals surface area contributed by atoms with Crippen molar-refractivity contribution in [2.45, 2.75) is 12.3 Å². The molecule has 1 aromatic carbocycles. The van der Waals surface area contributed by atoms with Crippen molar-refractivity contribution < 1.29 is 24.0 Å². The van der Waals surface area contributed by atoms with Crippen LogP contribution in [0.1, 0.15) is 12.5 Å². The normalized spacial score (nSPS) is 20.2. The molecule has 0 fully saturated rings. The average Bonchev–Trinajstić information content (AvgIpc) is 2.92. The molecular formula is C18H14N4O6. The number of rotatable bonds is 4. The zero-order valence-electron chi connectivity index (χ0n) is 14.6. The standard InChI is InChI=1S/C18H14N4O6/c1-3-6-27-16(23)14-9(2)28-15(20)12(8-19)18(14)11-7-10(22(25)26)4-5-13(11)21-17(18)24/h3-5,7H,1,6,20H2,2H3,(H,21,24). The van der Waals surface area contributed by atoms with Crippen LogP contribution < -0.4 is 11.1 Å². The third-order valence-electron chi connectivity index (χ3n) is 4.47. The molecule has 1 spiro atoms. The van der Waals surface area contributed by atoms with Crippen LogP contribution in [-0.4, -0.2) is 23.4 Å². The Kier molecular flexibility index (Phi) is 4.36. The minimum atomic E-state index is -2.03. The van der Waals surface area contributed by atoms with Crippen LogP contribution in [-0.2, 0) is 24.5 Å². The largest absolute Gasteiger partial charge is 0.458 e. The SMILES string of the molecule is C=CCOC(=O)C1=C(C)OC(N)=C(C#N)C12C(=O)Nc1ccc([N+](=O)[O-])cc12. The van der Waals surface area contributed by atoms with E-state index in [1.807, 2.05) is 0 Å². The van der Waals surface area contributed by atoms with Crippen molar-refractivity contribution in [3.63, 3.8) is 0 Å². The van der Waals surface area contributed by atoms with E-state index in [0.29, 0.717) is 0 Å². The lowest BCUT2D eigenvalue weighted by Gasteiger charge is -2.33. The van der Waals surface area contributed by atoms with Gasteiger partial charge in [-0.15, -0.1) is 0 Å². The van der Waals surface area contributed by atoms with Crippen LogP contribution in [0.15, 0.2) is 53.6 Å². The fourth-order valence-electron chi connectivity index (χ4n) is 3.38. The van der Waals surface area contributed by atoms with Crippen LogP contribution >= 0.6 is 0 Å². The van der Waals surface area contributed by atoms with Gasteiger partial charge in [0, 0.05) is 23.4 Å². The number of carbonyl (C=O) groups is 2. The number of nitrogens with one attached hydrogen (secondary N) is 1. The second kappa shape index (κ2) is 6.55. The van der Waals surface area contributed by atoms with Crippen molar-refractivity contribution in [3.05, 3.63) is 69.3 Å². The van der Waals surface area contributed by atoms with E-state index in [9.17, 15) is 25.0 Å². The number of hydrogen-bond donors (Lipinski definition) is 2. The number of benzene rings is 1. The van der Waals surface area contributed by atoms with Gasteiger partial charge in [0.15, 0.2) is 5.41 Å². The van der Waals surface area contributed by atoms with Crippen LogP contribution in [0, 0.1) is 21.4 Å². The third-order valence-corrected chi connectivity index (χ3v) is 4.47. The number of fused-ring (bicyclic) bond motifs is 2. The third kappa shape index (κ3) is 2.41. The van der Waals surface area contributed by atoms with E-state index in [2.05, 4.69) is 11.9 Å². The predicted octanol–water partition coefficient (Wildman–Crippen LogP) is 1.51. The monoisotopic (exact) mass is 382 g/mol. The number of carbonyl (C=O) groups excluding carboxylic acids is 2. The highest BCUT2D eigenvalue weighted by Gasteiger charge is 2.60. The highest BCUT2D eigenvalue weighted by Crippen LogP contribution is 2.52. The second-order valence-corrected chi connectivity index (χ2v) is 5.96. The summed E-state index contributed by atoms with van der Waals surface area (Å²) in [5.74, 6) is -2.14. The quantitative estimate of drug-likeness (QED) is 0.343. The summed E-state index contributed by atoms with van der Waals surface area (Å²) < 4.78 is 10.4. The predicted molar refractivity (Wildman–Crippen MR) is 95.2 cm³/mol. The first kappa shape index (κ1) is 18.7. The Hall–Kier alpha value is -4.13. The molecule has 1 atom stereocenters. The lowest BCUT2D eigenvalue weighted by Crippen LogP contribution is -2.45. The van der Waals surface area contributed by atoms with Crippen molar-refractivity contribution in [2.24, 2.45) is 5.73 Å². The van der Waals surface area contributed by atoms with Gasteiger partial charge in [-0.1, -0.05) is 12.7 Å². The van der Waals surface area contributed by atoms with Crippen molar-refractivity contribution in [2.75, 3.05) is 11.9 Å². The molecule has 1 amide bonds. The van der Waals surface area contributed by atoms with Crippen LogP contribution in [0.25, 0.3) is 0 Å². The molecule has 0 bridgehead atoms. The van der Waals surface area contributed by atoms with Crippen molar-refractivity contribution in [1.82, 2.24) is 0 Å². The number of nitriles is 1. The molecule has 2 heterocycles. The van der Waals surface area contributed by atoms with Gasteiger partial charge in [0.2, 0.25) is 11.8 Å². The number of nitro groups is 1. The molecule has 1 unspecified atom stereocenters. The second-order valence-electron chi connectivity index (χ2n) is 5.96. The molecule has 10 nitrogen and oxygen atoms in total. The molecule has 1 aromatic rings. The molecule has 0 radical (unpaired) electrons. The summed E-state index contributed by atoms with van der Waals surface area (Å²) in [5, 5.41) is 23.5. The Bertz CT molecular complexity index is 1050. The molecular weight excluding hydrogens is 368 g/mol. The van der Waals surface area contributed by atoms with Gasteiger partial charge in [0.1, 0.15) is 29.6 Å². The first-order valence-corrected chi connectivity index (χ1v) is 7.96. The van der Waals surface area contributed by atoms with Gasteiger partial charge in [0.05, 0.1) is 4.92 Å². The molecule has 0 saturated heterocycles. The summed E-state index contributed by atoms with van der Waals surface area (Å²) in [6.45, 7) is 4.68. The maximum absolute atomic E-state index is 13.1. The van der Waals surface area contributed by atoms with E-state index in [4.69, 9.17) is 15.2 Å². The Balaban J connectivity index is 2.38. The lowest BCUT2D eigenvalue weighted by atomic mass is 9.68. The van der Waals surface area contributed by atoms with Gasteiger partial charge in [-0.3, -0.25) is 14.9 Å². The lowest BCUT2D eigenvalue weighted by molar-refractivity contribution is -0.384. The van der Waals surface area contributed by atoms with Crippen LogP contribution in [0.4, 0.5) is 11.4 Å². The van der Waals surface area contributed by atoms with E-state index >= 15 is 0 Å². The first-order chi connectivity index (χ1) is 13.3. The average molecular weight is 382 g/mol. The molecule has 2 aliphatic heterocycles. The number of allylic oxidation sites excluding steroid dienone is 1. The molecule has 3 rings (SSSR count). The number of nitrogens with two attached hydrogens (primary N) is 1. The highest BCUT2D eigenvalue weighted by atomic mass is 16.6. The van der Waals surface area contributed by atoms with E-state index in [0.717, 1.165) is 6.07 Å². The molecule has 0 aliphatic carbocycles. The van der Waals surface area contributed by atoms with E-state index in [-0.39, 0.29) is 46.3 Å². The van der Waals surface area contributed by atoms with Crippen molar-refractivity contribution in [1.29, 1.82) is 5.26 Å². The Morgan fingerprint density at radius 2 is 2.29 bits per heavy atom. The van der Waals surface area contributed by atoms with Crippen LogP contribution in [0.2, 0.25) is 0 Å². The molecule has 3 N–H and O–H groups in total. The fourth-order valence-corrected chi connectivity index (χ4v) is 3.38. The van der Waals surface area contributed by atoms with Gasteiger partial charge < -0.3 is 20.5 Å². The molecule has 10 heteroatoms. The number of nitrogens with zero attached hydrogens (tertiary/aromatic N) is 2. The Morgan fingerprint density at radius 1 is 1.57 bits per heavy atom. The summed E-state index contributed by atoms with van der Waals surface area (Å²) in [6, 6.07) is 5.45. The van der Waals surface area contributed by atoms with Crippen molar-refractivity contribution >= 4 is 23.3 Å². The zero-order valence-corrected chi connectivity index (χ0v) is 14.6. The number of esters is 1. The van der Waals surface area contributed by atoms with E-state index < -0.39 is 22.2 Å². The minimum absolute atomic E-state index is 0.0411. The minimum Gasteiger partial charge on any atom is -0.458 e. The molecule has 0 saturated carbocycles. The van der Waals surface area contributed by atoms with Gasteiger partial charge in [-0.05, 0) is 13.0 Å². The van der Waals surface area contributed by atoms with Gasteiger partial charge in [-0.2, -0.15) is 5.26 Å². The fraction of sp³-hybridized carbons (Fsp3) is 0.167. The van der Waals surface area contributed by atoms with E-state index in [1.54, 1.807) is 6.07 Å². The van der Waals surface area contributed by atoms with Gasteiger partial charge in [-0.25, -0.2) is 4.79 Å². The molecule has 28 heavy (non-hydrogen) atoms. The van der Waals surface area contributed by atoms with Gasteiger partial charge >= 0.3 is 5.97 Å². The number of non-ortho nitro benzene ring substituents is 1. The summed E-state index contributed by atoms with van der Waals surface area (Å²) in [4.78, 5) is 36.5. The number of hydrogen-bond acceptors (Lipinski definition) is 8. The van der Waals surface area contributed by atoms with Gasteiger partial charge in [0.25, 0.3) is 5.69 Å². The molecule has 2 aliphatic rings. The van der Waals surface area contributed by atoms with Crippen LogP contribution in [0.5, 0.6) is 0 Å². The maximum atomic E-state index is 13.1. The first-order valence-electron chi connectivity index (χ1n) is 7.96. The zero-order chi connectivity index (χ0) is 20.6. The molecule has 0 aromatic heterocycles. The Morgan fingerprint density at radius 3 is 2.89 bits per heavy atom. The van der Waals surface area contributed by atoms with E-state index in [1.165, 1.54) is 25.1 Å². The van der Waals surface area contributed by atoms with Crippen LogP contribution in [0.3, 0.4) is 0 Å². The number of amides is 1. The highest BCUT2D eigenvalue weighted by molar-refractivity contribution is 6.17. The smallest absolute Gasteiger partial charge is 0.339 e.